The second-order valence-corrected chi connectivity index (χ2v) is 6.98. The summed E-state index contributed by atoms with van der Waals surface area (Å²) in [6.45, 7) is -1.11. The standard InChI is InChI=1S/C17H14ClF2N3OS/c1-10(15(24)21-12-7-3-2-6-11(12)18)25-17-22-13-8-4-5-9-14(13)23(17)16(19)20/h2-10,16H,1H3,(H,21,24). The molecule has 0 saturated carbocycles. The summed E-state index contributed by atoms with van der Waals surface area (Å²) in [5, 5.41) is 2.57. The highest BCUT2D eigenvalue weighted by molar-refractivity contribution is 8.00. The molecule has 1 unspecified atom stereocenters. The quantitative estimate of drug-likeness (QED) is 0.617. The van der Waals surface area contributed by atoms with Crippen molar-refractivity contribution in [1.29, 1.82) is 0 Å². The molecule has 1 heterocycles. The number of carbonyl (C=O) groups is 1. The van der Waals surface area contributed by atoms with Crippen LogP contribution in [0.25, 0.3) is 11.0 Å². The molecule has 8 heteroatoms. The smallest absolute Gasteiger partial charge is 0.321 e. The second-order valence-electron chi connectivity index (χ2n) is 5.26. The number of aromatic nitrogens is 2. The van der Waals surface area contributed by atoms with Crippen molar-refractivity contribution in [2.24, 2.45) is 0 Å². The Kier molecular flexibility index (Phi) is 5.24. The van der Waals surface area contributed by atoms with Crippen molar-refractivity contribution in [1.82, 2.24) is 9.55 Å². The summed E-state index contributed by atoms with van der Waals surface area (Å²) in [7, 11) is 0. The van der Waals surface area contributed by atoms with Gasteiger partial charge in [-0.3, -0.25) is 9.36 Å². The number of amides is 1. The van der Waals surface area contributed by atoms with Crippen LogP contribution in [-0.4, -0.2) is 20.7 Å². The maximum absolute atomic E-state index is 13.4. The first kappa shape index (κ1) is 17.7. The number of nitrogens with zero attached hydrogens (tertiary/aromatic N) is 2. The van der Waals surface area contributed by atoms with E-state index in [1.807, 2.05) is 0 Å². The van der Waals surface area contributed by atoms with E-state index < -0.39 is 11.8 Å². The van der Waals surface area contributed by atoms with E-state index in [0.717, 1.165) is 16.3 Å². The number of alkyl halides is 2. The van der Waals surface area contributed by atoms with Gasteiger partial charge in [0.2, 0.25) is 5.91 Å². The van der Waals surface area contributed by atoms with Crippen LogP contribution in [0, 0.1) is 0 Å². The number of thioether (sulfide) groups is 1. The van der Waals surface area contributed by atoms with Crippen LogP contribution < -0.4 is 5.32 Å². The van der Waals surface area contributed by atoms with Gasteiger partial charge >= 0.3 is 6.55 Å². The molecule has 1 atom stereocenters. The molecular weight excluding hydrogens is 368 g/mol. The molecule has 3 aromatic rings. The summed E-state index contributed by atoms with van der Waals surface area (Å²) >= 11 is 6.99. The predicted octanol–water partition coefficient (Wildman–Crippen LogP) is 5.20. The largest absolute Gasteiger partial charge is 0.324 e. The maximum Gasteiger partial charge on any atom is 0.321 e. The number of benzene rings is 2. The van der Waals surface area contributed by atoms with E-state index in [1.54, 1.807) is 55.5 Å². The fourth-order valence-electron chi connectivity index (χ4n) is 2.30. The maximum atomic E-state index is 13.4. The van der Waals surface area contributed by atoms with Crippen LogP contribution in [0.5, 0.6) is 0 Å². The number of para-hydroxylation sites is 3. The van der Waals surface area contributed by atoms with Crippen LogP contribution in [0.4, 0.5) is 14.5 Å². The average molecular weight is 382 g/mol. The van der Waals surface area contributed by atoms with Gasteiger partial charge < -0.3 is 5.32 Å². The number of nitrogens with one attached hydrogen (secondary N) is 1. The van der Waals surface area contributed by atoms with E-state index >= 15 is 0 Å². The van der Waals surface area contributed by atoms with Gasteiger partial charge in [-0.05, 0) is 31.2 Å². The zero-order valence-electron chi connectivity index (χ0n) is 13.1. The Bertz CT molecular complexity index is 916. The summed E-state index contributed by atoms with van der Waals surface area (Å²) in [5.74, 6) is -0.342. The average Bonchev–Trinajstić information content (AvgIpc) is 2.94. The van der Waals surface area contributed by atoms with Crippen molar-refractivity contribution in [2.45, 2.75) is 23.9 Å². The zero-order valence-corrected chi connectivity index (χ0v) is 14.7. The number of carbonyl (C=O) groups excluding carboxylic acids is 1. The van der Waals surface area contributed by atoms with Crippen LogP contribution >= 0.6 is 23.4 Å². The van der Waals surface area contributed by atoms with E-state index in [4.69, 9.17) is 11.6 Å². The molecule has 3 rings (SSSR count). The fraction of sp³-hybridized carbons (Fsp3) is 0.176. The topological polar surface area (TPSA) is 46.9 Å². The van der Waals surface area contributed by atoms with Crippen LogP contribution in [0.1, 0.15) is 13.5 Å². The Labute approximate surface area is 152 Å². The van der Waals surface area contributed by atoms with Crippen LogP contribution in [0.15, 0.2) is 53.7 Å². The predicted molar refractivity (Wildman–Crippen MR) is 96.4 cm³/mol. The highest BCUT2D eigenvalue weighted by Crippen LogP contribution is 2.32. The molecule has 1 amide bonds. The Balaban J connectivity index is 1.82. The van der Waals surface area contributed by atoms with Crippen molar-refractivity contribution in [3.8, 4) is 0 Å². The number of halogens is 3. The van der Waals surface area contributed by atoms with Gasteiger partial charge in [0, 0.05) is 0 Å². The van der Waals surface area contributed by atoms with Crippen molar-refractivity contribution >= 4 is 46.0 Å². The Morgan fingerprint density at radius 1 is 1.20 bits per heavy atom. The van der Waals surface area contributed by atoms with Crippen molar-refractivity contribution < 1.29 is 13.6 Å². The molecule has 0 aliphatic carbocycles. The monoisotopic (exact) mass is 381 g/mol. The Morgan fingerprint density at radius 3 is 2.60 bits per heavy atom. The summed E-state index contributed by atoms with van der Waals surface area (Å²) in [6.07, 6.45) is 0. The third-order valence-electron chi connectivity index (χ3n) is 3.54. The van der Waals surface area contributed by atoms with Crippen molar-refractivity contribution in [3.63, 3.8) is 0 Å². The molecule has 4 nitrogen and oxygen atoms in total. The highest BCUT2D eigenvalue weighted by Gasteiger charge is 2.23. The summed E-state index contributed by atoms with van der Waals surface area (Å²) in [4.78, 5) is 16.6. The molecule has 0 fully saturated rings. The number of anilines is 1. The molecule has 0 radical (unpaired) electrons. The van der Waals surface area contributed by atoms with Gasteiger partial charge in [0.1, 0.15) is 0 Å². The first-order valence-electron chi connectivity index (χ1n) is 7.44. The lowest BCUT2D eigenvalue weighted by Gasteiger charge is -2.13. The Morgan fingerprint density at radius 2 is 1.88 bits per heavy atom. The van der Waals surface area contributed by atoms with Crippen LogP contribution in [-0.2, 0) is 4.79 Å². The number of hydrogen-bond donors (Lipinski definition) is 1. The van der Waals surface area contributed by atoms with Gasteiger partial charge in [-0.1, -0.05) is 47.6 Å². The zero-order chi connectivity index (χ0) is 18.0. The SMILES string of the molecule is CC(Sc1nc2ccccc2n1C(F)F)C(=O)Nc1ccccc1Cl. The van der Waals surface area contributed by atoms with Gasteiger partial charge in [0.25, 0.3) is 0 Å². The molecule has 0 saturated heterocycles. The summed E-state index contributed by atoms with van der Waals surface area (Å²) in [6, 6.07) is 13.5. The van der Waals surface area contributed by atoms with Crippen molar-refractivity contribution in [3.05, 3.63) is 53.6 Å². The van der Waals surface area contributed by atoms with Crippen LogP contribution in [0.2, 0.25) is 5.02 Å². The van der Waals surface area contributed by atoms with E-state index in [-0.39, 0.29) is 11.1 Å². The van der Waals surface area contributed by atoms with E-state index in [0.29, 0.717) is 21.7 Å². The number of fused-ring (bicyclic) bond motifs is 1. The third kappa shape index (κ3) is 3.77. The molecule has 0 aliphatic heterocycles. The van der Waals surface area contributed by atoms with Gasteiger partial charge in [-0.25, -0.2) is 4.98 Å². The van der Waals surface area contributed by atoms with E-state index in [2.05, 4.69) is 10.3 Å². The molecule has 0 spiro atoms. The first-order valence-corrected chi connectivity index (χ1v) is 8.70. The lowest BCUT2D eigenvalue weighted by molar-refractivity contribution is -0.115. The van der Waals surface area contributed by atoms with Gasteiger partial charge in [0.15, 0.2) is 5.16 Å². The summed E-state index contributed by atoms with van der Waals surface area (Å²) in [5.41, 5.74) is 1.27. The van der Waals surface area contributed by atoms with Crippen molar-refractivity contribution in [2.75, 3.05) is 5.32 Å². The third-order valence-corrected chi connectivity index (χ3v) is 4.94. The van der Waals surface area contributed by atoms with E-state index in [9.17, 15) is 13.6 Å². The molecule has 1 N–H and O–H groups in total. The second kappa shape index (κ2) is 7.41. The molecule has 2 aromatic carbocycles. The number of hydrogen-bond acceptors (Lipinski definition) is 3. The minimum Gasteiger partial charge on any atom is -0.324 e. The van der Waals surface area contributed by atoms with Gasteiger partial charge in [-0.15, -0.1) is 0 Å². The van der Waals surface area contributed by atoms with Crippen LogP contribution in [0.3, 0.4) is 0 Å². The molecule has 130 valence electrons. The number of rotatable bonds is 5. The lowest BCUT2D eigenvalue weighted by atomic mass is 10.3. The minimum atomic E-state index is -2.74. The number of imidazole rings is 1. The van der Waals surface area contributed by atoms with Gasteiger partial charge in [0.05, 0.1) is 27.0 Å². The molecule has 0 aliphatic rings. The van der Waals surface area contributed by atoms with E-state index in [1.165, 1.54) is 0 Å². The lowest BCUT2D eigenvalue weighted by Crippen LogP contribution is -2.23. The minimum absolute atomic E-state index is 0.0954. The normalized spacial score (nSPS) is 12.5. The molecule has 25 heavy (non-hydrogen) atoms. The van der Waals surface area contributed by atoms with Gasteiger partial charge in [-0.2, -0.15) is 8.78 Å². The Hall–Kier alpha value is -2.12. The molecular formula is C17H14ClF2N3OS. The molecule has 0 bridgehead atoms. The first-order chi connectivity index (χ1) is 12.0. The fourth-order valence-corrected chi connectivity index (χ4v) is 3.41. The molecule has 1 aromatic heterocycles. The summed E-state index contributed by atoms with van der Waals surface area (Å²) < 4.78 is 27.7. The highest BCUT2D eigenvalue weighted by atomic mass is 35.5.